The van der Waals surface area contributed by atoms with Gasteiger partial charge in [-0.3, -0.25) is 9.78 Å². The predicted octanol–water partition coefficient (Wildman–Crippen LogP) is 4.19. The fourth-order valence-electron chi connectivity index (χ4n) is 2.74. The van der Waals surface area contributed by atoms with Crippen LogP contribution in [0.1, 0.15) is 29.9 Å². The molecular formula is C20H21ClN4O. The molecular weight excluding hydrogens is 348 g/mol. The van der Waals surface area contributed by atoms with Crippen LogP contribution in [0.15, 0.2) is 55.1 Å². The molecule has 0 aliphatic rings. The Morgan fingerprint density at radius 1 is 1.23 bits per heavy atom. The van der Waals surface area contributed by atoms with E-state index in [1.807, 2.05) is 57.3 Å². The minimum atomic E-state index is -0.0864. The molecule has 0 unspecified atom stereocenters. The highest BCUT2D eigenvalue weighted by Gasteiger charge is 2.21. The summed E-state index contributed by atoms with van der Waals surface area (Å²) in [6.45, 7) is 4.47. The zero-order valence-electron chi connectivity index (χ0n) is 15.1. The molecule has 1 amide bonds. The molecule has 0 N–H and O–H groups in total. The van der Waals surface area contributed by atoms with Gasteiger partial charge in [-0.05, 0) is 37.6 Å². The number of pyridine rings is 1. The quantitative estimate of drug-likeness (QED) is 0.678. The van der Waals surface area contributed by atoms with Gasteiger partial charge in [-0.1, -0.05) is 29.8 Å². The third kappa shape index (κ3) is 3.94. The summed E-state index contributed by atoms with van der Waals surface area (Å²) in [4.78, 5) is 23.2. The first kappa shape index (κ1) is 18.1. The lowest BCUT2D eigenvalue weighted by Crippen LogP contribution is -2.36. The molecule has 0 aliphatic carbocycles. The molecule has 3 rings (SSSR count). The smallest absolute Gasteiger partial charge is 0.274 e. The van der Waals surface area contributed by atoms with Gasteiger partial charge in [-0.25, -0.2) is 4.98 Å². The molecule has 6 heteroatoms. The van der Waals surface area contributed by atoms with E-state index in [4.69, 9.17) is 11.6 Å². The zero-order chi connectivity index (χ0) is 18.7. The van der Waals surface area contributed by atoms with Gasteiger partial charge in [0.2, 0.25) is 0 Å². The number of benzene rings is 1. The lowest BCUT2D eigenvalue weighted by Gasteiger charge is -2.26. The summed E-state index contributed by atoms with van der Waals surface area (Å²) < 4.78 is 1.77. The van der Waals surface area contributed by atoms with Gasteiger partial charge in [0.25, 0.3) is 5.91 Å². The van der Waals surface area contributed by atoms with Crippen LogP contribution < -0.4 is 0 Å². The molecule has 5 nitrogen and oxygen atoms in total. The van der Waals surface area contributed by atoms with Crippen LogP contribution in [0.2, 0.25) is 5.02 Å². The minimum Gasteiger partial charge on any atom is -0.340 e. The number of hydrogen-bond acceptors (Lipinski definition) is 3. The van der Waals surface area contributed by atoms with Crippen molar-refractivity contribution < 1.29 is 4.79 Å². The van der Waals surface area contributed by atoms with Crippen molar-refractivity contribution in [1.29, 1.82) is 0 Å². The van der Waals surface area contributed by atoms with E-state index < -0.39 is 0 Å². The van der Waals surface area contributed by atoms with Gasteiger partial charge in [-0.15, -0.1) is 0 Å². The molecule has 0 atom stereocenters. The van der Waals surface area contributed by atoms with Crippen molar-refractivity contribution in [3.05, 3.63) is 71.4 Å². The van der Waals surface area contributed by atoms with Crippen molar-refractivity contribution >= 4 is 17.5 Å². The Morgan fingerprint density at radius 3 is 2.65 bits per heavy atom. The second-order valence-electron chi connectivity index (χ2n) is 6.48. The lowest BCUT2D eigenvalue weighted by atomic mass is 10.1. The van der Waals surface area contributed by atoms with Crippen molar-refractivity contribution in [2.75, 3.05) is 0 Å². The number of halogens is 1. The molecule has 0 fully saturated rings. The normalized spacial score (nSPS) is 11.0. The van der Waals surface area contributed by atoms with Gasteiger partial charge in [0, 0.05) is 42.6 Å². The number of aromatic nitrogens is 3. The molecule has 0 bridgehead atoms. The highest BCUT2D eigenvalue weighted by Crippen LogP contribution is 2.26. The van der Waals surface area contributed by atoms with Crippen LogP contribution in [0.3, 0.4) is 0 Å². The number of nitrogens with zero attached hydrogens (tertiary/aromatic N) is 4. The molecule has 134 valence electrons. The maximum Gasteiger partial charge on any atom is 0.274 e. The van der Waals surface area contributed by atoms with Crippen molar-refractivity contribution in [1.82, 2.24) is 19.4 Å². The van der Waals surface area contributed by atoms with Crippen molar-refractivity contribution in [3.8, 4) is 11.3 Å². The molecule has 0 spiro atoms. The van der Waals surface area contributed by atoms with Crippen molar-refractivity contribution in [2.45, 2.75) is 26.4 Å². The summed E-state index contributed by atoms with van der Waals surface area (Å²) in [5.41, 5.74) is 3.11. The molecule has 0 radical (unpaired) electrons. The number of carbonyl (C=O) groups is 1. The Hall–Kier alpha value is -2.66. The third-order valence-electron chi connectivity index (χ3n) is 4.14. The summed E-state index contributed by atoms with van der Waals surface area (Å²) in [5.74, 6) is -0.0864. The number of aryl methyl sites for hydroxylation is 1. The number of rotatable bonds is 5. The minimum absolute atomic E-state index is 0.0430. The van der Waals surface area contributed by atoms with Crippen LogP contribution in [0.25, 0.3) is 11.3 Å². The Morgan fingerprint density at radius 2 is 2.00 bits per heavy atom. The van der Waals surface area contributed by atoms with E-state index >= 15 is 0 Å². The molecule has 0 saturated carbocycles. The first-order valence-electron chi connectivity index (χ1n) is 8.44. The van der Waals surface area contributed by atoms with E-state index in [1.54, 1.807) is 28.2 Å². The van der Waals surface area contributed by atoms with E-state index in [0.29, 0.717) is 17.3 Å². The maximum atomic E-state index is 12.8. The highest BCUT2D eigenvalue weighted by molar-refractivity contribution is 6.33. The van der Waals surface area contributed by atoms with Crippen LogP contribution in [-0.2, 0) is 13.6 Å². The Labute approximate surface area is 158 Å². The number of imidazole rings is 1. The first-order chi connectivity index (χ1) is 12.5. The second-order valence-corrected chi connectivity index (χ2v) is 6.89. The fraction of sp³-hybridized carbons (Fsp3) is 0.250. The Bertz CT molecular complexity index is 919. The van der Waals surface area contributed by atoms with Crippen molar-refractivity contribution in [3.63, 3.8) is 0 Å². The lowest BCUT2D eigenvalue weighted by molar-refractivity contribution is 0.0684. The third-order valence-corrected chi connectivity index (χ3v) is 4.46. The molecule has 3 aromatic rings. The summed E-state index contributed by atoms with van der Waals surface area (Å²) in [6, 6.07) is 11.5. The molecule has 26 heavy (non-hydrogen) atoms. The monoisotopic (exact) mass is 368 g/mol. The van der Waals surface area contributed by atoms with E-state index in [0.717, 1.165) is 16.8 Å². The second kappa shape index (κ2) is 7.70. The van der Waals surface area contributed by atoms with Gasteiger partial charge < -0.3 is 9.47 Å². The largest absolute Gasteiger partial charge is 0.340 e. The number of amides is 1. The molecule has 0 saturated heterocycles. The summed E-state index contributed by atoms with van der Waals surface area (Å²) >= 11 is 6.28. The molecule has 2 aromatic heterocycles. The van der Waals surface area contributed by atoms with E-state index in [2.05, 4.69) is 9.97 Å². The standard InChI is InChI=1S/C20H21ClN4O/c1-14(2)25(20(26)19-12-24(3)13-23-19)11-15-8-9-22-18(10-15)16-6-4-5-7-17(16)21/h4-10,12-14H,11H2,1-3H3. The summed E-state index contributed by atoms with van der Waals surface area (Å²) in [6.07, 6.45) is 5.12. The topological polar surface area (TPSA) is 51.0 Å². The van der Waals surface area contributed by atoms with Crippen LogP contribution >= 0.6 is 11.6 Å². The van der Waals surface area contributed by atoms with Gasteiger partial charge in [0.15, 0.2) is 0 Å². The molecule has 0 aliphatic heterocycles. The van der Waals surface area contributed by atoms with E-state index in [1.165, 1.54) is 0 Å². The maximum absolute atomic E-state index is 12.8. The van der Waals surface area contributed by atoms with Crippen LogP contribution in [0, 0.1) is 0 Å². The van der Waals surface area contributed by atoms with E-state index in [9.17, 15) is 4.79 Å². The average molecular weight is 369 g/mol. The fourth-order valence-corrected chi connectivity index (χ4v) is 2.98. The van der Waals surface area contributed by atoms with Crippen LogP contribution in [0.5, 0.6) is 0 Å². The van der Waals surface area contributed by atoms with Gasteiger partial charge in [-0.2, -0.15) is 0 Å². The summed E-state index contributed by atoms with van der Waals surface area (Å²) in [5, 5.41) is 0.655. The van der Waals surface area contributed by atoms with Gasteiger partial charge in [0.1, 0.15) is 5.69 Å². The van der Waals surface area contributed by atoms with Crippen LogP contribution in [0.4, 0.5) is 0 Å². The number of carbonyl (C=O) groups excluding carboxylic acids is 1. The van der Waals surface area contributed by atoms with E-state index in [-0.39, 0.29) is 11.9 Å². The number of hydrogen-bond donors (Lipinski definition) is 0. The Balaban J connectivity index is 1.87. The summed E-state index contributed by atoms with van der Waals surface area (Å²) in [7, 11) is 1.85. The molecule has 1 aromatic carbocycles. The zero-order valence-corrected chi connectivity index (χ0v) is 15.8. The Kier molecular flexibility index (Phi) is 5.38. The average Bonchev–Trinajstić information content (AvgIpc) is 3.06. The first-order valence-corrected chi connectivity index (χ1v) is 8.82. The highest BCUT2D eigenvalue weighted by atomic mass is 35.5. The predicted molar refractivity (Wildman–Crippen MR) is 103 cm³/mol. The van der Waals surface area contributed by atoms with Crippen molar-refractivity contribution in [2.24, 2.45) is 7.05 Å². The van der Waals surface area contributed by atoms with Gasteiger partial charge >= 0.3 is 0 Å². The SMILES string of the molecule is CC(C)N(Cc1ccnc(-c2ccccc2Cl)c1)C(=O)c1cn(C)cn1. The molecule has 2 heterocycles. The van der Waals surface area contributed by atoms with Crippen LogP contribution in [-0.4, -0.2) is 31.4 Å². The van der Waals surface area contributed by atoms with Gasteiger partial charge in [0.05, 0.1) is 12.0 Å².